The summed E-state index contributed by atoms with van der Waals surface area (Å²) in [5.74, 6) is 0.547. The van der Waals surface area contributed by atoms with Gasteiger partial charge in [-0.2, -0.15) is 0 Å². The molecule has 0 atom stereocenters. The highest BCUT2D eigenvalue weighted by Gasteiger charge is 2.59. The molecule has 0 radical (unpaired) electrons. The first-order valence-corrected chi connectivity index (χ1v) is 14.0. The fourth-order valence-corrected chi connectivity index (χ4v) is 9.87. The third-order valence-corrected chi connectivity index (χ3v) is 11.7. The largest absolute Gasteiger partial charge is 0.423 e. The topological polar surface area (TPSA) is 44.8 Å². The minimum absolute atomic E-state index is 0.0382. The van der Waals surface area contributed by atoms with Crippen LogP contribution < -0.4 is 4.74 Å². The van der Waals surface area contributed by atoms with Crippen LogP contribution in [0.4, 0.5) is 0 Å². The second-order valence-electron chi connectivity index (χ2n) is 11.5. The Morgan fingerprint density at radius 3 is 1.82 bits per heavy atom. The SMILES string of the molecule is C=C(C)C(=O)Oc1ccc(-c2ccc(CCC3CO[Si](C(C)(C)C)(C(C)(C)C)OC3)cc2)cc1. The van der Waals surface area contributed by atoms with Crippen molar-refractivity contribution in [1.29, 1.82) is 0 Å². The number of aryl methyl sites for hydroxylation is 1. The molecule has 1 heterocycles. The zero-order valence-corrected chi connectivity index (χ0v) is 22.9. The molecule has 5 heteroatoms. The van der Waals surface area contributed by atoms with Gasteiger partial charge in [0, 0.05) is 34.8 Å². The van der Waals surface area contributed by atoms with Gasteiger partial charge in [-0.1, -0.05) is 84.5 Å². The Kier molecular flexibility index (Phi) is 7.91. The average Bonchev–Trinajstić information content (AvgIpc) is 2.77. The maximum atomic E-state index is 11.7. The van der Waals surface area contributed by atoms with E-state index in [0.29, 0.717) is 17.2 Å². The van der Waals surface area contributed by atoms with E-state index in [0.717, 1.165) is 37.2 Å². The summed E-state index contributed by atoms with van der Waals surface area (Å²) in [6, 6.07) is 16.2. The van der Waals surface area contributed by atoms with Gasteiger partial charge < -0.3 is 13.6 Å². The summed E-state index contributed by atoms with van der Waals surface area (Å²) in [5, 5.41) is 0.0764. The van der Waals surface area contributed by atoms with Crippen LogP contribution in [0, 0.1) is 5.92 Å². The van der Waals surface area contributed by atoms with Crippen molar-refractivity contribution < 1.29 is 18.4 Å². The van der Waals surface area contributed by atoms with Crippen molar-refractivity contribution in [3.63, 3.8) is 0 Å². The van der Waals surface area contributed by atoms with E-state index in [1.807, 2.05) is 24.3 Å². The summed E-state index contributed by atoms with van der Waals surface area (Å²) in [7, 11) is -2.33. The van der Waals surface area contributed by atoms with Crippen molar-refractivity contribution in [2.75, 3.05) is 13.2 Å². The summed E-state index contributed by atoms with van der Waals surface area (Å²) in [6.45, 7) is 20.4. The summed E-state index contributed by atoms with van der Waals surface area (Å²) in [6.07, 6.45) is 2.06. The Morgan fingerprint density at radius 2 is 1.38 bits per heavy atom. The molecule has 1 aliphatic heterocycles. The first-order valence-electron chi connectivity index (χ1n) is 12.2. The van der Waals surface area contributed by atoms with Gasteiger partial charge in [-0.05, 0) is 48.6 Å². The monoisotopic (exact) mass is 480 g/mol. The van der Waals surface area contributed by atoms with Gasteiger partial charge in [0.25, 0.3) is 0 Å². The molecule has 2 aromatic rings. The lowest BCUT2D eigenvalue weighted by Gasteiger charge is -2.52. The van der Waals surface area contributed by atoms with Crippen LogP contribution in [0.2, 0.25) is 10.1 Å². The smallest absolute Gasteiger partial charge is 0.349 e. The van der Waals surface area contributed by atoms with Crippen molar-refractivity contribution in [1.82, 2.24) is 0 Å². The zero-order valence-electron chi connectivity index (χ0n) is 21.9. The lowest BCUT2D eigenvalue weighted by atomic mass is 9.98. The van der Waals surface area contributed by atoms with Crippen LogP contribution >= 0.6 is 0 Å². The highest BCUT2D eigenvalue weighted by atomic mass is 28.4. The van der Waals surface area contributed by atoms with Crippen LogP contribution in [0.25, 0.3) is 11.1 Å². The van der Waals surface area contributed by atoms with Crippen LogP contribution in [0.3, 0.4) is 0 Å². The van der Waals surface area contributed by atoms with Crippen LogP contribution in [0.1, 0.15) is 60.5 Å². The highest BCUT2D eigenvalue weighted by Crippen LogP contribution is 2.53. The van der Waals surface area contributed by atoms with E-state index in [1.165, 1.54) is 5.56 Å². The Balaban J connectivity index is 1.55. The van der Waals surface area contributed by atoms with Gasteiger partial charge >= 0.3 is 14.5 Å². The van der Waals surface area contributed by atoms with E-state index in [-0.39, 0.29) is 10.1 Å². The minimum atomic E-state index is -2.33. The molecule has 0 unspecified atom stereocenters. The van der Waals surface area contributed by atoms with Crippen molar-refractivity contribution >= 4 is 14.5 Å². The van der Waals surface area contributed by atoms with Crippen molar-refractivity contribution in [2.45, 2.75) is 71.4 Å². The number of esters is 1. The third kappa shape index (κ3) is 5.88. The van der Waals surface area contributed by atoms with Crippen LogP contribution in [0.15, 0.2) is 60.7 Å². The molecule has 0 bridgehead atoms. The van der Waals surface area contributed by atoms with Gasteiger partial charge in [-0.15, -0.1) is 0 Å². The number of carbonyl (C=O) groups excluding carboxylic acids is 1. The van der Waals surface area contributed by atoms with Gasteiger partial charge in [0.05, 0.1) is 0 Å². The Morgan fingerprint density at radius 1 is 0.912 bits per heavy atom. The summed E-state index contributed by atoms with van der Waals surface area (Å²) < 4.78 is 18.5. The first kappa shape index (κ1) is 26.4. The number of carbonyl (C=O) groups is 1. The van der Waals surface area contributed by atoms with Crippen molar-refractivity contribution in [3.05, 3.63) is 66.2 Å². The molecule has 0 aromatic heterocycles. The lowest BCUT2D eigenvalue weighted by Crippen LogP contribution is -2.61. The zero-order chi connectivity index (χ0) is 25.1. The van der Waals surface area contributed by atoms with E-state index in [2.05, 4.69) is 72.4 Å². The maximum Gasteiger partial charge on any atom is 0.349 e. The number of hydrogen-bond donors (Lipinski definition) is 0. The Hall–Kier alpha value is -2.21. The highest BCUT2D eigenvalue weighted by molar-refractivity contribution is 6.73. The second-order valence-corrected chi connectivity index (χ2v) is 16.3. The third-order valence-electron chi connectivity index (χ3n) is 6.56. The first-order chi connectivity index (χ1) is 15.8. The minimum Gasteiger partial charge on any atom is -0.423 e. The molecule has 3 rings (SSSR count). The molecule has 0 spiro atoms. The molecular formula is C29H40O4Si. The van der Waals surface area contributed by atoms with Crippen molar-refractivity contribution in [3.8, 4) is 16.9 Å². The molecule has 0 N–H and O–H groups in total. The summed E-state index contributed by atoms with van der Waals surface area (Å²) in [4.78, 5) is 11.7. The van der Waals surface area contributed by atoms with Gasteiger partial charge in [-0.25, -0.2) is 4.79 Å². The quantitative estimate of drug-likeness (QED) is 0.186. The molecule has 1 fully saturated rings. The van der Waals surface area contributed by atoms with E-state index in [9.17, 15) is 4.79 Å². The van der Waals surface area contributed by atoms with Gasteiger partial charge in [0.15, 0.2) is 0 Å². The molecule has 0 amide bonds. The fraction of sp³-hybridized carbons (Fsp3) is 0.483. The number of ether oxygens (including phenoxy) is 1. The van der Waals surface area contributed by atoms with Crippen LogP contribution in [-0.4, -0.2) is 27.7 Å². The number of benzene rings is 2. The standard InChI is InChI=1S/C29H40O4Si/c1-21(2)27(30)33-26-17-15-25(16-18-26)24-13-11-22(12-14-24)9-10-23-19-31-34(32-20-23,28(3,4)5)29(6,7)8/h11-18,23H,1,9-10,19-20H2,2-8H3. The molecule has 1 aliphatic rings. The van der Waals surface area contributed by atoms with Crippen LogP contribution in [-0.2, 0) is 20.1 Å². The maximum absolute atomic E-state index is 11.7. The molecule has 0 aliphatic carbocycles. The van der Waals surface area contributed by atoms with Crippen LogP contribution in [0.5, 0.6) is 5.75 Å². The molecular weight excluding hydrogens is 440 g/mol. The van der Waals surface area contributed by atoms with Gasteiger partial charge in [0.2, 0.25) is 0 Å². The molecule has 4 nitrogen and oxygen atoms in total. The second kappa shape index (κ2) is 10.2. The molecule has 1 saturated heterocycles. The molecule has 2 aromatic carbocycles. The molecule has 0 saturated carbocycles. The average molecular weight is 481 g/mol. The van der Waals surface area contributed by atoms with E-state index < -0.39 is 14.5 Å². The van der Waals surface area contributed by atoms with Gasteiger partial charge in [0.1, 0.15) is 5.75 Å². The summed E-state index contributed by atoms with van der Waals surface area (Å²) >= 11 is 0. The van der Waals surface area contributed by atoms with E-state index >= 15 is 0 Å². The fourth-order valence-electron chi connectivity index (χ4n) is 4.86. The van der Waals surface area contributed by atoms with Crippen molar-refractivity contribution in [2.24, 2.45) is 5.92 Å². The predicted octanol–water partition coefficient (Wildman–Crippen LogP) is 7.47. The normalized spacial score (nSPS) is 16.8. The number of hydrogen-bond acceptors (Lipinski definition) is 4. The Bertz CT molecular complexity index is 970. The van der Waals surface area contributed by atoms with Gasteiger partial charge in [-0.3, -0.25) is 0 Å². The summed E-state index contributed by atoms with van der Waals surface area (Å²) in [5.41, 5.74) is 3.92. The predicted molar refractivity (Wildman–Crippen MR) is 141 cm³/mol. The Labute approximate surface area is 206 Å². The molecule has 34 heavy (non-hydrogen) atoms. The lowest BCUT2D eigenvalue weighted by molar-refractivity contribution is -0.130. The van der Waals surface area contributed by atoms with E-state index in [1.54, 1.807) is 6.92 Å². The van der Waals surface area contributed by atoms with E-state index in [4.69, 9.17) is 13.6 Å². The number of rotatable bonds is 6. The molecule has 184 valence electrons.